The summed E-state index contributed by atoms with van der Waals surface area (Å²) in [6, 6.07) is 30.8. The smallest absolute Gasteiger partial charge is 0.261 e. The Morgan fingerprint density at radius 1 is 0.875 bits per heavy atom. The van der Waals surface area contributed by atoms with Crippen molar-refractivity contribution in [3.8, 4) is 12.3 Å². The van der Waals surface area contributed by atoms with Crippen LogP contribution in [0.1, 0.15) is 39.7 Å². The van der Waals surface area contributed by atoms with E-state index in [0.29, 0.717) is 19.6 Å². The molecule has 0 bridgehead atoms. The predicted octanol–water partition coefficient (Wildman–Crippen LogP) is 7.69. The zero-order valence-corrected chi connectivity index (χ0v) is 27.7. The highest BCUT2D eigenvalue weighted by Crippen LogP contribution is 2.37. The van der Waals surface area contributed by atoms with Gasteiger partial charge < -0.3 is 9.16 Å². The molecule has 6 heteroatoms. The molecule has 3 nitrogen and oxygen atoms in total. The SMILES string of the molecule is C#CC(=O)[C@@](C)(C/C=C(Br)/C=C(\Br)CO[Si](c1ccccc1)(c1ccccc1)C(C)(C)C)OCc1ccccc1. The summed E-state index contributed by atoms with van der Waals surface area (Å²) in [6.45, 7) is 9.19. The minimum atomic E-state index is -2.67. The van der Waals surface area contributed by atoms with E-state index in [1.54, 1.807) is 6.92 Å². The molecule has 0 N–H and O–H groups in total. The number of hydrogen-bond donors (Lipinski definition) is 0. The van der Waals surface area contributed by atoms with Crippen molar-refractivity contribution in [1.29, 1.82) is 0 Å². The van der Waals surface area contributed by atoms with E-state index in [9.17, 15) is 4.79 Å². The zero-order chi connectivity index (χ0) is 29.2. The molecule has 208 valence electrons. The molecule has 3 aromatic rings. The van der Waals surface area contributed by atoms with Crippen LogP contribution in [0.5, 0.6) is 0 Å². The molecule has 0 radical (unpaired) electrons. The van der Waals surface area contributed by atoms with E-state index in [0.717, 1.165) is 14.5 Å². The predicted molar refractivity (Wildman–Crippen MR) is 176 cm³/mol. The van der Waals surface area contributed by atoms with Crippen LogP contribution in [0.4, 0.5) is 0 Å². The third kappa shape index (κ3) is 8.02. The number of halogens is 2. The lowest BCUT2D eigenvalue weighted by molar-refractivity contribution is -0.137. The number of ether oxygens (including phenoxy) is 1. The van der Waals surface area contributed by atoms with Crippen LogP contribution < -0.4 is 10.4 Å². The second-order valence-electron chi connectivity index (χ2n) is 10.8. The molecule has 40 heavy (non-hydrogen) atoms. The van der Waals surface area contributed by atoms with Crippen molar-refractivity contribution >= 4 is 56.3 Å². The molecular weight excluding hydrogens is 644 g/mol. The van der Waals surface area contributed by atoms with Crippen LogP contribution in [0.3, 0.4) is 0 Å². The van der Waals surface area contributed by atoms with Crippen molar-refractivity contribution in [3.63, 3.8) is 0 Å². The van der Waals surface area contributed by atoms with Gasteiger partial charge in [-0.2, -0.15) is 0 Å². The summed E-state index contributed by atoms with van der Waals surface area (Å²) in [4.78, 5) is 12.6. The molecule has 1 atom stereocenters. The molecule has 3 aromatic carbocycles. The van der Waals surface area contributed by atoms with Crippen LogP contribution in [-0.4, -0.2) is 26.3 Å². The fourth-order valence-corrected chi connectivity index (χ4v) is 10.5. The number of Topliss-reactive ketones (excluding diaryl/α,β-unsaturated/α-hetero) is 1. The summed E-state index contributed by atoms with van der Waals surface area (Å²) in [6.07, 6.45) is 9.66. The fraction of sp³-hybridized carbons (Fsp3) is 0.265. The maximum Gasteiger partial charge on any atom is 0.261 e. The van der Waals surface area contributed by atoms with Crippen molar-refractivity contribution < 1.29 is 14.0 Å². The fourth-order valence-electron chi connectivity index (χ4n) is 4.67. The Bertz CT molecular complexity index is 1320. The third-order valence-electron chi connectivity index (χ3n) is 6.84. The molecule has 0 aromatic heterocycles. The molecule has 3 rings (SSSR count). The van der Waals surface area contributed by atoms with E-state index < -0.39 is 19.7 Å². The normalized spacial score (nSPS) is 14.3. The lowest BCUT2D eigenvalue weighted by Crippen LogP contribution is -2.66. The second-order valence-corrected chi connectivity index (χ2v) is 17.1. The zero-order valence-electron chi connectivity index (χ0n) is 23.5. The van der Waals surface area contributed by atoms with Crippen molar-refractivity contribution in [2.24, 2.45) is 0 Å². The number of hydrogen-bond acceptors (Lipinski definition) is 3. The van der Waals surface area contributed by atoms with Gasteiger partial charge in [-0.15, -0.1) is 6.42 Å². The summed E-state index contributed by atoms with van der Waals surface area (Å²) in [5, 5.41) is 2.33. The maximum atomic E-state index is 12.6. The van der Waals surface area contributed by atoms with Crippen LogP contribution in [0.2, 0.25) is 5.04 Å². The van der Waals surface area contributed by atoms with Crippen molar-refractivity contribution in [2.45, 2.75) is 51.4 Å². The molecule has 0 aliphatic rings. The van der Waals surface area contributed by atoms with Crippen LogP contribution >= 0.6 is 31.9 Å². The monoisotopic (exact) mass is 678 g/mol. The highest BCUT2D eigenvalue weighted by Gasteiger charge is 2.50. The summed E-state index contributed by atoms with van der Waals surface area (Å²) in [7, 11) is -2.67. The Morgan fingerprint density at radius 3 is 1.85 bits per heavy atom. The lowest BCUT2D eigenvalue weighted by Gasteiger charge is -2.43. The first-order valence-corrected chi connectivity index (χ1v) is 16.7. The van der Waals surface area contributed by atoms with Crippen molar-refractivity contribution in [3.05, 3.63) is 118 Å². The minimum Gasteiger partial charge on any atom is -0.403 e. The number of benzene rings is 3. The number of carbonyl (C=O) groups excluding carboxylic acids is 1. The molecule has 0 aliphatic carbocycles. The Kier molecular flexibility index (Phi) is 11.5. The van der Waals surface area contributed by atoms with Gasteiger partial charge in [-0.05, 0) is 39.9 Å². The van der Waals surface area contributed by atoms with Crippen LogP contribution in [0, 0.1) is 12.3 Å². The summed E-state index contributed by atoms with van der Waals surface area (Å²) in [5.41, 5.74) is -0.167. The molecule has 0 unspecified atom stereocenters. The first kappa shape index (κ1) is 32.0. The molecule has 0 spiro atoms. The number of rotatable bonds is 12. The van der Waals surface area contributed by atoms with E-state index >= 15 is 0 Å². The highest BCUT2D eigenvalue weighted by atomic mass is 79.9. The van der Waals surface area contributed by atoms with Gasteiger partial charge in [0.25, 0.3) is 8.32 Å². The number of carbonyl (C=O) groups is 1. The van der Waals surface area contributed by atoms with Crippen LogP contribution in [0.25, 0.3) is 0 Å². The molecule has 0 saturated heterocycles. The Morgan fingerprint density at radius 2 is 1.38 bits per heavy atom. The van der Waals surface area contributed by atoms with Gasteiger partial charge in [0.05, 0.1) is 13.2 Å². The molecule has 0 saturated carbocycles. The standard InChI is InChI=1S/C34H36Br2O3Si/c1-6-32(37)34(5,38-25-27-16-10-7-11-17-27)23-22-28(35)24-29(36)26-39-40(33(2,3)4,30-18-12-8-13-19-30)31-20-14-9-15-21-31/h1,7-22,24H,23,25-26H2,2-5H3/b28-22-,29-24-/t34-/m1/s1. The van der Waals surface area contributed by atoms with Gasteiger partial charge in [0.2, 0.25) is 5.78 Å². The van der Waals surface area contributed by atoms with E-state index in [2.05, 4.69) is 107 Å². The number of terminal acetylenes is 1. The van der Waals surface area contributed by atoms with Crippen LogP contribution in [0.15, 0.2) is 112 Å². The quantitative estimate of drug-likeness (QED) is 0.0853. The Labute approximate surface area is 257 Å². The second kappa shape index (κ2) is 14.4. The van der Waals surface area contributed by atoms with Gasteiger partial charge >= 0.3 is 0 Å². The molecular formula is C34H36Br2O3Si. The van der Waals surface area contributed by atoms with Gasteiger partial charge in [-0.1, -0.05) is 150 Å². The first-order chi connectivity index (χ1) is 19.0. The number of allylic oxidation sites excluding steroid dienone is 2. The summed E-state index contributed by atoms with van der Waals surface area (Å²) >= 11 is 7.36. The molecule has 0 amide bonds. The van der Waals surface area contributed by atoms with E-state index in [4.69, 9.17) is 15.6 Å². The van der Waals surface area contributed by atoms with Crippen molar-refractivity contribution in [2.75, 3.05) is 6.61 Å². The van der Waals surface area contributed by atoms with E-state index in [1.807, 2.05) is 54.6 Å². The molecule has 0 heterocycles. The molecule has 0 aliphatic heterocycles. The molecule has 0 fully saturated rings. The van der Waals surface area contributed by atoms with E-state index in [-0.39, 0.29) is 5.04 Å². The summed E-state index contributed by atoms with van der Waals surface area (Å²) in [5.74, 6) is 1.85. The van der Waals surface area contributed by atoms with Gasteiger partial charge in [0.1, 0.15) is 5.60 Å². The van der Waals surface area contributed by atoms with Gasteiger partial charge in [-0.3, -0.25) is 4.79 Å². The maximum absolute atomic E-state index is 12.6. The topological polar surface area (TPSA) is 35.5 Å². The number of ketones is 1. The minimum absolute atomic E-state index is 0.121. The highest BCUT2D eigenvalue weighted by molar-refractivity contribution is 9.12. The average Bonchev–Trinajstić information content (AvgIpc) is 2.96. The van der Waals surface area contributed by atoms with Crippen molar-refractivity contribution in [1.82, 2.24) is 0 Å². The Hall–Kier alpha value is -2.53. The van der Waals surface area contributed by atoms with Gasteiger partial charge in [0, 0.05) is 15.4 Å². The summed E-state index contributed by atoms with van der Waals surface area (Å²) < 4.78 is 14.7. The third-order valence-corrected chi connectivity index (χ3v) is 12.8. The largest absolute Gasteiger partial charge is 0.403 e. The van der Waals surface area contributed by atoms with Gasteiger partial charge in [0.15, 0.2) is 0 Å². The lowest BCUT2D eigenvalue weighted by atomic mass is 9.96. The average molecular weight is 681 g/mol. The van der Waals surface area contributed by atoms with Gasteiger partial charge in [-0.25, -0.2) is 0 Å². The van der Waals surface area contributed by atoms with E-state index in [1.165, 1.54) is 10.4 Å². The first-order valence-electron chi connectivity index (χ1n) is 13.2. The van der Waals surface area contributed by atoms with Crippen LogP contribution in [-0.2, 0) is 20.6 Å². The Balaban J connectivity index is 1.82.